The highest BCUT2D eigenvalue weighted by atomic mass is 16.2. The van der Waals surface area contributed by atoms with Crippen molar-refractivity contribution in [3.05, 3.63) is 12.2 Å². The van der Waals surface area contributed by atoms with Crippen LogP contribution in [0.1, 0.15) is 96.8 Å². The Morgan fingerprint density at radius 3 is 1.62 bits per heavy atom. The summed E-state index contributed by atoms with van der Waals surface area (Å²) in [5.74, 6) is 2.02. The van der Waals surface area contributed by atoms with Gasteiger partial charge in [0.2, 0.25) is 5.91 Å². The van der Waals surface area contributed by atoms with Gasteiger partial charge in [0.15, 0.2) is 0 Å². The predicted octanol–water partition coefficient (Wildman–Crippen LogP) is 6.11. The maximum absolute atomic E-state index is 12.4. The van der Waals surface area contributed by atoms with Gasteiger partial charge < -0.3 is 4.90 Å². The van der Waals surface area contributed by atoms with Gasteiger partial charge in [0.25, 0.3) is 0 Å². The van der Waals surface area contributed by atoms with E-state index in [2.05, 4.69) is 11.5 Å². The van der Waals surface area contributed by atoms with Crippen LogP contribution in [0, 0.1) is 11.8 Å². The van der Waals surface area contributed by atoms with Crippen LogP contribution in [0.4, 0.5) is 0 Å². The molecule has 2 aliphatic rings. The second-order valence-corrected chi connectivity index (χ2v) is 8.37. The molecule has 0 saturated heterocycles. The van der Waals surface area contributed by atoms with Crippen molar-refractivity contribution in [1.29, 1.82) is 0 Å². The lowest BCUT2D eigenvalue weighted by Crippen LogP contribution is -2.33. The lowest BCUT2D eigenvalue weighted by atomic mass is 9.86. The second-order valence-electron chi connectivity index (χ2n) is 8.37. The number of carbonyl (C=O) groups is 1. The van der Waals surface area contributed by atoms with Gasteiger partial charge in [-0.25, -0.2) is 0 Å². The van der Waals surface area contributed by atoms with Crippen LogP contribution in [-0.4, -0.2) is 23.9 Å². The highest BCUT2D eigenvalue weighted by Crippen LogP contribution is 2.28. The molecule has 0 unspecified atom stereocenters. The average Bonchev–Trinajstić information content (AvgIpc) is 2.61. The molecule has 0 atom stereocenters. The maximum Gasteiger partial charge on any atom is 0.248 e. The zero-order chi connectivity index (χ0) is 17.2. The molecule has 0 spiro atoms. The van der Waals surface area contributed by atoms with E-state index in [1.807, 2.05) is 6.92 Å². The van der Waals surface area contributed by atoms with Crippen molar-refractivity contribution in [3.8, 4) is 0 Å². The summed E-state index contributed by atoms with van der Waals surface area (Å²) in [7, 11) is 0. The zero-order valence-electron chi connectivity index (χ0n) is 16.0. The van der Waals surface area contributed by atoms with Crippen LogP contribution in [0.15, 0.2) is 12.2 Å². The Balaban J connectivity index is 1.69. The smallest absolute Gasteiger partial charge is 0.248 e. The topological polar surface area (TPSA) is 20.3 Å². The second kappa shape index (κ2) is 10.9. The van der Waals surface area contributed by atoms with E-state index in [1.165, 1.54) is 89.9 Å². The van der Waals surface area contributed by atoms with Crippen LogP contribution in [0.2, 0.25) is 0 Å². The third-order valence-electron chi connectivity index (χ3n) is 6.18. The molecule has 24 heavy (non-hydrogen) atoms. The molecule has 2 aliphatic carbocycles. The first-order valence-corrected chi connectivity index (χ1v) is 10.6. The van der Waals surface area contributed by atoms with Crippen LogP contribution >= 0.6 is 0 Å². The van der Waals surface area contributed by atoms with Gasteiger partial charge in [0, 0.05) is 18.7 Å². The molecule has 138 valence electrons. The van der Waals surface area contributed by atoms with Crippen LogP contribution < -0.4 is 0 Å². The summed E-state index contributed by atoms with van der Waals surface area (Å²) in [6, 6.07) is 0. The number of rotatable bonds is 9. The van der Waals surface area contributed by atoms with E-state index in [0.717, 1.165) is 24.9 Å². The quantitative estimate of drug-likeness (QED) is 0.466. The van der Waals surface area contributed by atoms with Crippen LogP contribution in [0.3, 0.4) is 0 Å². The lowest BCUT2D eigenvalue weighted by molar-refractivity contribution is -0.127. The fraction of sp³-hybridized carbons (Fsp3) is 0.864. The summed E-state index contributed by atoms with van der Waals surface area (Å²) in [5.41, 5.74) is 0.699. The van der Waals surface area contributed by atoms with E-state index >= 15 is 0 Å². The summed E-state index contributed by atoms with van der Waals surface area (Å²) in [6.45, 7) is 7.61. The van der Waals surface area contributed by atoms with Crippen molar-refractivity contribution in [2.75, 3.05) is 13.1 Å². The minimum atomic E-state index is 0.183. The Labute approximate surface area is 150 Å². The first-order chi connectivity index (χ1) is 11.7. The number of hydrogen-bond acceptors (Lipinski definition) is 1. The number of carbonyl (C=O) groups excluding carboxylic acids is 1. The van der Waals surface area contributed by atoms with Crippen molar-refractivity contribution in [1.82, 2.24) is 4.90 Å². The Morgan fingerprint density at radius 2 is 1.25 bits per heavy atom. The maximum atomic E-state index is 12.4. The van der Waals surface area contributed by atoms with Gasteiger partial charge in [0.1, 0.15) is 0 Å². The summed E-state index contributed by atoms with van der Waals surface area (Å²) in [6.07, 6.45) is 19.1. The Bertz CT molecular complexity index is 353. The van der Waals surface area contributed by atoms with E-state index in [1.54, 1.807) is 0 Å². The first-order valence-electron chi connectivity index (χ1n) is 10.6. The van der Waals surface area contributed by atoms with E-state index in [4.69, 9.17) is 0 Å². The molecule has 0 aromatic rings. The predicted molar refractivity (Wildman–Crippen MR) is 103 cm³/mol. The van der Waals surface area contributed by atoms with Gasteiger partial charge in [-0.2, -0.15) is 0 Å². The van der Waals surface area contributed by atoms with Crippen molar-refractivity contribution in [2.45, 2.75) is 96.8 Å². The van der Waals surface area contributed by atoms with Crippen LogP contribution in [-0.2, 0) is 4.79 Å². The lowest BCUT2D eigenvalue weighted by Gasteiger charge is -2.27. The first kappa shape index (κ1) is 19.5. The molecule has 2 fully saturated rings. The van der Waals surface area contributed by atoms with Crippen molar-refractivity contribution >= 4 is 5.91 Å². The molecule has 0 radical (unpaired) electrons. The molecule has 0 bridgehead atoms. The third-order valence-corrected chi connectivity index (χ3v) is 6.18. The minimum Gasteiger partial charge on any atom is -0.339 e. The highest BCUT2D eigenvalue weighted by molar-refractivity contribution is 5.92. The SMILES string of the molecule is C=C(C)C(=O)N(CCCC1CCCCC1)CCCC1CCCCC1. The Kier molecular flexibility index (Phi) is 8.91. The van der Waals surface area contributed by atoms with Gasteiger partial charge in [-0.1, -0.05) is 70.8 Å². The highest BCUT2D eigenvalue weighted by Gasteiger charge is 2.18. The molecule has 0 heterocycles. The molecule has 1 amide bonds. The number of hydrogen-bond donors (Lipinski definition) is 0. The molecule has 2 heteroatoms. The minimum absolute atomic E-state index is 0.183. The third kappa shape index (κ3) is 6.99. The molecular formula is C22H39NO. The molecule has 0 N–H and O–H groups in total. The monoisotopic (exact) mass is 333 g/mol. The zero-order valence-corrected chi connectivity index (χ0v) is 16.0. The summed E-state index contributed by atoms with van der Waals surface area (Å²) in [5, 5.41) is 0. The Hall–Kier alpha value is -0.790. The Morgan fingerprint density at radius 1 is 0.833 bits per heavy atom. The van der Waals surface area contributed by atoms with Gasteiger partial charge in [0.05, 0.1) is 0 Å². The van der Waals surface area contributed by atoms with Crippen molar-refractivity contribution in [2.24, 2.45) is 11.8 Å². The molecule has 0 aromatic heterocycles. The fourth-order valence-corrected chi connectivity index (χ4v) is 4.68. The van der Waals surface area contributed by atoms with Gasteiger partial charge in [-0.05, 0) is 44.4 Å². The van der Waals surface area contributed by atoms with E-state index in [-0.39, 0.29) is 5.91 Å². The largest absolute Gasteiger partial charge is 0.339 e. The van der Waals surface area contributed by atoms with E-state index < -0.39 is 0 Å². The molecule has 2 saturated carbocycles. The van der Waals surface area contributed by atoms with Crippen LogP contribution in [0.25, 0.3) is 0 Å². The summed E-state index contributed by atoms with van der Waals surface area (Å²) >= 11 is 0. The van der Waals surface area contributed by atoms with Crippen LogP contribution in [0.5, 0.6) is 0 Å². The summed E-state index contributed by atoms with van der Waals surface area (Å²) in [4.78, 5) is 14.5. The molecule has 0 aromatic carbocycles. The molecule has 0 aliphatic heterocycles. The molecular weight excluding hydrogens is 294 g/mol. The van der Waals surface area contributed by atoms with E-state index in [0.29, 0.717) is 5.57 Å². The van der Waals surface area contributed by atoms with Gasteiger partial charge >= 0.3 is 0 Å². The van der Waals surface area contributed by atoms with Gasteiger partial charge in [-0.3, -0.25) is 4.79 Å². The standard InChI is InChI=1S/C22H39NO/c1-19(2)22(24)23(17-9-15-20-11-5-3-6-12-20)18-10-16-21-13-7-4-8-14-21/h20-21H,1,3-18H2,2H3. The van der Waals surface area contributed by atoms with Gasteiger partial charge in [-0.15, -0.1) is 0 Å². The number of amides is 1. The number of nitrogens with zero attached hydrogens (tertiary/aromatic N) is 1. The molecule has 2 nitrogen and oxygen atoms in total. The normalized spacial score (nSPS) is 20.0. The fourth-order valence-electron chi connectivity index (χ4n) is 4.68. The van der Waals surface area contributed by atoms with Crippen molar-refractivity contribution in [3.63, 3.8) is 0 Å². The molecule has 2 rings (SSSR count). The average molecular weight is 334 g/mol. The summed E-state index contributed by atoms with van der Waals surface area (Å²) < 4.78 is 0. The van der Waals surface area contributed by atoms with Crippen molar-refractivity contribution < 1.29 is 4.79 Å². The van der Waals surface area contributed by atoms with E-state index in [9.17, 15) is 4.79 Å².